The first-order valence-corrected chi connectivity index (χ1v) is 4.17. The van der Waals surface area contributed by atoms with E-state index in [0.29, 0.717) is 0 Å². The van der Waals surface area contributed by atoms with Crippen LogP contribution in [0.3, 0.4) is 0 Å². The van der Waals surface area contributed by atoms with E-state index < -0.39 is 0 Å². The zero-order valence-electron chi connectivity index (χ0n) is 8.03. The van der Waals surface area contributed by atoms with Crippen molar-refractivity contribution < 1.29 is 0 Å². The summed E-state index contributed by atoms with van der Waals surface area (Å²) in [6.45, 7) is 17.3. The Kier molecular flexibility index (Phi) is 5.11. The van der Waals surface area contributed by atoms with Crippen LogP contribution in [0, 0.1) is 0 Å². The van der Waals surface area contributed by atoms with E-state index in [9.17, 15) is 0 Å². The molecule has 0 aromatic heterocycles. The number of allylic oxidation sites excluding steroid dienone is 4. The van der Waals surface area contributed by atoms with Gasteiger partial charge in [0.1, 0.15) is 0 Å². The molecule has 12 heavy (non-hydrogen) atoms. The van der Waals surface area contributed by atoms with E-state index in [1.165, 1.54) is 11.1 Å². The van der Waals surface area contributed by atoms with E-state index in [1.807, 2.05) is 6.92 Å². The Balaban J connectivity index is 3.67. The summed E-state index contributed by atoms with van der Waals surface area (Å²) in [5.41, 5.74) is 3.46. The maximum atomic E-state index is 3.96. The third-order valence-electron chi connectivity index (χ3n) is 1.67. The summed E-state index contributed by atoms with van der Waals surface area (Å²) in [5, 5.41) is 0. The van der Waals surface area contributed by atoms with E-state index >= 15 is 0 Å². The summed E-state index contributed by atoms with van der Waals surface area (Å²) in [6.07, 6.45) is 4.70. The Morgan fingerprint density at radius 3 is 2.17 bits per heavy atom. The fourth-order valence-electron chi connectivity index (χ4n) is 0.872. The zero-order valence-corrected chi connectivity index (χ0v) is 8.03. The average molecular weight is 162 g/mol. The molecule has 0 heteroatoms. The molecule has 0 bridgehead atoms. The van der Waals surface area contributed by atoms with Gasteiger partial charge in [-0.3, -0.25) is 0 Å². The van der Waals surface area contributed by atoms with Crippen LogP contribution in [-0.4, -0.2) is 0 Å². The summed E-state index contributed by atoms with van der Waals surface area (Å²) < 4.78 is 0. The highest BCUT2D eigenvalue weighted by molar-refractivity contribution is 5.19. The lowest BCUT2D eigenvalue weighted by Crippen LogP contribution is -1.84. The van der Waals surface area contributed by atoms with Crippen molar-refractivity contribution in [2.75, 3.05) is 0 Å². The van der Waals surface area contributed by atoms with Gasteiger partial charge in [0.2, 0.25) is 0 Å². The predicted octanol–water partition coefficient (Wildman–Crippen LogP) is 4.03. The molecular weight excluding hydrogens is 144 g/mol. The van der Waals surface area contributed by atoms with Crippen LogP contribution in [0.15, 0.2) is 49.1 Å². The van der Waals surface area contributed by atoms with Crippen molar-refractivity contribution in [2.24, 2.45) is 0 Å². The molecule has 0 aliphatic rings. The quantitative estimate of drug-likeness (QED) is 0.408. The molecule has 66 valence electrons. The van der Waals surface area contributed by atoms with Gasteiger partial charge in [0.25, 0.3) is 0 Å². The second kappa shape index (κ2) is 5.59. The van der Waals surface area contributed by atoms with E-state index in [-0.39, 0.29) is 0 Å². The lowest BCUT2D eigenvalue weighted by molar-refractivity contribution is 0.897. The fourth-order valence-corrected chi connectivity index (χ4v) is 0.872. The van der Waals surface area contributed by atoms with Crippen LogP contribution in [0.4, 0.5) is 0 Å². The van der Waals surface area contributed by atoms with Crippen LogP contribution >= 0.6 is 0 Å². The molecule has 0 aliphatic carbocycles. The minimum absolute atomic E-state index is 0.872. The summed E-state index contributed by atoms with van der Waals surface area (Å²) in [6, 6.07) is 0. The standard InChI is InChI=1S/C12H18/c1-6-11(4)9-12(5)8-7-10(2)3/h6H,1-2,4-5,7-9H2,3H3. The summed E-state index contributed by atoms with van der Waals surface area (Å²) in [7, 11) is 0. The normalized spacial score (nSPS) is 9.08. The smallest absolute Gasteiger partial charge is 0.00758 e. The number of hydrogen-bond acceptors (Lipinski definition) is 0. The third-order valence-corrected chi connectivity index (χ3v) is 1.67. The maximum absolute atomic E-state index is 3.96. The van der Waals surface area contributed by atoms with Crippen molar-refractivity contribution in [1.82, 2.24) is 0 Å². The van der Waals surface area contributed by atoms with Gasteiger partial charge in [-0.1, -0.05) is 42.5 Å². The van der Waals surface area contributed by atoms with Crippen molar-refractivity contribution in [1.29, 1.82) is 0 Å². The van der Waals surface area contributed by atoms with Gasteiger partial charge in [-0.2, -0.15) is 0 Å². The van der Waals surface area contributed by atoms with Crippen LogP contribution in [0.5, 0.6) is 0 Å². The molecular formula is C12H18. The summed E-state index contributed by atoms with van der Waals surface area (Å²) in [4.78, 5) is 0. The average Bonchev–Trinajstić information content (AvgIpc) is 2.00. The van der Waals surface area contributed by atoms with Crippen LogP contribution in [0.25, 0.3) is 0 Å². The maximum Gasteiger partial charge on any atom is -0.00758 e. The van der Waals surface area contributed by atoms with E-state index in [0.717, 1.165) is 24.8 Å². The van der Waals surface area contributed by atoms with Crippen LogP contribution in [0.2, 0.25) is 0 Å². The van der Waals surface area contributed by atoms with Gasteiger partial charge in [-0.15, -0.1) is 6.58 Å². The molecule has 0 heterocycles. The molecule has 0 aliphatic heterocycles. The highest BCUT2D eigenvalue weighted by Crippen LogP contribution is 2.15. The van der Waals surface area contributed by atoms with Gasteiger partial charge in [0.15, 0.2) is 0 Å². The minimum Gasteiger partial charge on any atom is -0.100 e. The first-order valence-electron chi connectivity index (χ1n) is 4.17. The molecule has 0 rings (SSSR count). The Hall–Kier alpha value is -1.04. The molecule has 0 aromatic rings. The molecule has 0 fully saturated rings. The molecule has 0 unspecified atom stereocenters. The minimum atomic E-state index is 0.872. The van der Waals surface area contributed by atoms with Gasteiger partial charge in [-0.25, -0.2) is 0 Å². The molecule has 0 amide bonds. The van der Waals surface area contributed by atoms with Gasteiger partial charge < -0.3 is 0 Å². The van der Waals surface area contributed by atoms with E-state index in [2.05, 4.69) is 26.3 Å². The zero-order chi connectivity index (χ0) is 9.56. The van der Waals surface area contributed by atoms with Crippen molar-refractivity contribution in [3.8, 4) is 0 Å². The molecule has 0 atom stereocenters. The highest BCUT2D eigenvalue weighted by Gasteiger charge is 1.95. The molecule has 0 spiro atoms. The molecule has 0 nitrogen and oxygen atoms in total. The second-order valence-electron chi connectivity index (χ2n) is 3.25. The third kappa shape index (κ3) is 5.72. The summed E-state index contributed by atoms with van der Waals surface area (Å²) in [5.74, 6) is 0. The van der Waals surface area contributed by atoms with Gasteiger partial charge >= 0.3 is 0 Å². The van der Waals surface area contributed by atoms with Crippen LogP contribution < -0.4 is 0 Å². The van der Waals surface area contributed by atoms with Gasteiger partial charge in [0, 0.05) is 0 Å². The van der Waals surface area contributed by atoms with Crippen molar-refractivity contribution >= 4 is 0 Å². The Labute approximate surface area is 76.0 Å². The lowest BCUT2D eigenvalue weighted by Gasteiger charge is -2.04. The van der Waals surface area contributed by atoms with Crippen molar-refractivity contribution in [3.05, 3.63) is 49.1 Å². The number of rotatable bonds is 6. The molecule has 0 saturated heterocycles. The largest absolute Gasteiger partial charge is 0.100 e. The monoisotopic (exact) mass is 162 g/mol. The van der Waals surface area contributed by atoms with E-state index in [4.69, 9.17) is 0 Å². The first-order chi connectivity index (χ1) is 5.56. The lowest BCUT2D eigenvalue weighted by atomic mass is 10.0. The van der Waals surface area contributed by atoms with Crippen LogP contribution in [-0.2, 0) is 0 Å². The SMILES string of the molecule is C=CC(=C)CC(=C)CCC(=C)C. The van der Waals surface area contributed by atoms with Crippen molar-refractivity contribution in [3.63, 3.8) is 0 Å². The topological polar surface area (TPSA) is 0 Å². The molecule has 0 saturated carbocycles. The first kappa shape index (κ1) is 11.0. The van der Waals surface area contributed by atoms with Crippen molar-refractivity contribution in [2.45, 2.75) is 26.2 Å². The molecule has 0 radical (unpaired) electrons. The Morgan fingerprint density at radius 1 is 1.17 bits per heavy atom. The number of hydrogen-bond donors (Lipinski definition) is 0. The summed E-state index contributed by atoms with van der Waals surface area (Å²) >= 11 is 0. The second-order valence-corrected chi connectivity index (χ2v) is 3.25. The fraction of sp³-hybridized carbons (Fsp3) is 0.333. The Bertz CT molecular complexity index is 206. The van der Waals surface area contributed by atoms with Gasteiger partial charge in [-0.05, 0) is 26.2 Å². The predicted molar refractivity (Wildman–Crippen MR) is 57.1 cm³/mol. The Morgan fingerprint density at radius 2 is 1.75 bits per heavy atom. The van der Waals surface area contributed by atoms with E-state index in [1.54, 1.807) is 6.08 Å². The highest BCUT2D eigenvalue weighted by atomic mass is 14.0. The molecule has 0 aromatic carbocycles. The van der Waals surface area contributed by atoms with Gasteiger partial charge in [0.05, 0.1) is 0 Å². The van der Waals surface area contributed by atoms with Crippen LogP contribution in [0.1, 0.15) is 26.2 Å². The molecule has 0 N–H and O–H groups in total.